The zero-order valence-electron chi connectivity index (χ0n) is 16.8. The van der Waals surface area contributed by atoms with Gasteiger partial charge in [0.25, 0.3) is 0 Å². The van der Waals surface area contributed by atoms with E-state index in [-0.39, 0.29) is 36.8 Å². The topological polar surface area (TPSA) is 53.9 Å². The van der Waals surface area contributed by atoms with Crippen molar-refractivity contribution in [3.63, 3.8) is 0 Å². The van der Waals surface area contributed by atoms with Crippen LogP contribution in [0.2, 0.25) is 0 Å². The predicted octanol–water partition coefficient (Wildman–Crippen LogP) is 4.39. The monoisotopic (exact) mass is 401 g/mol. The number of urea groups is 1. The molecule has 5 nitrogen and oxygen atoms in total. The van der Waals surface area contributed by atoms with Crippen LogP contribution in [0.1, 0.15) is 37.0 Å². The summed E-state index contributed by atoms with van der Waals surface area (Å²) in [7, 11) is 0. The summed E-state index contributed by atoms with van der Waals surface area (Å²) in [5.74, 6) is -1.34. The molecule has 1 heterocycles. The van der Waals surface area contributed by atoms with Crippen LogP contribution in [-0.4, -0.2) is 35.3 Å². The molecule has 7 heteroatoms. The Morgan fingerprint density at radius 1 is 1.28 bits per heavy atom. The van der Waals surface area contributed by atoms with E-state index in [9.17, 15) is 13.6 Å². The quantitative estimate of drug-likeness (QED) is 0.781. The Bertz CT molecular complexity index is 915. The Morgan fingerprint density at radius 2 is 2.03 bits per heavy atom. The number of oxime groups is 1. The summed E-state index contributed by atoms with van der Waals surface area (Å²) in [6.45, 7) is 5.93. The Labute approximate surface area is 169 Å². The molecule has 0 fully saturated rings. The van der Waals surface area contributed by atoms with Crippen molar-refractivity contribution < 1.29 is 18.4 Å². The fraction of sp³-hybridized carbons (Fsp3) is 0.364. The smallest absolute Gasteiger partial charge is 0.318 e. The number of nitrogens with zero attached hydrogens (tertiary/aromatic N) is 2. The minimum absolute atomic E-state index is 0.00419. The zero-order valence-corrected chi connectivity index (χ0v) is 16.8. The second kappa shape index (κ2) is 9.03. The molecule has 29 heavy (non-hydrogen) atoms. The molecule has 154 valence electrons. The third-order valence-electron chi connectivity index (χ3n) is 4.69. The van der Waals surface area contributed by atoms with E-state index in [4.69, 9.17) is 4.84 Å². The molecule has 0 saturated carbocycles. The fourth-order valence-electron chi connectivity index (χ4n) is 3.24. The Balaban J connectivity index is 1.72. The summed E-state index contributed by atoms with van der Waals surface area (Å²) in [5.41, 5.74) is 3.17. The van der Waals surface area contributed by atoms with Gasteiger partial charge in [-0.1, -0.05) is 35.5 Å². The van der Waals surface area contributed by atoms with Crippen molar-refractivity contribution in [2.24, 2.45) is 5.16 Å². The van der Waals surface area contributed by atoms with E-state index in [0.717, 1.165) is 22.9 Å². The highest BCUT2D eigenvalue weighted by Gasteiger charge is 2.28. The standard InChI is InChI=1S/C22H25F2N3O2/c1-14(2)25-22(28)27(12-16-8-9-17(23)10-20(16)24)13-18-11-21(26-29-18)19-7-5-4-6-15(19)3/h4-10,14,18H,11-13H2,1-3H3,(H,25,28)/t18-/m0/s1. The molecule has 0 aliphatic carbocycles. The fourth-order valence-corrected chi connectivity index (χ4v) is 3.24. The number of nitrogens with one attached hydrogen (secondary N) is 1. The van der Waals surface area contributed by atoms with Crippen LogP contribution in [-0.2, 0) is 11.4 Å². The largest absolute Gasteiger partial charge is 0.390 e. The minimum atomic E-state index is -0.684. The van der Waals surface area contributed by atoms with Gasteiger partial charge in [-0.15, -0.1) is 0 Å². The molecule has 1 N–H and O–H groups in total. The molecule has 0 spiro atoms. The number of rotatable bonds is 6. The first kappa shape index (κ1) is 20.8. The molecule has 1 aliphatic heterocycles. The number of benzene rings is 2. The second-order valence-electron chi connectivity index (χ2n) is 7.50. The average Bonchev–Trinajstić information content (AvgIpc) is 3.11. The van der Waals surface area contributed by atoms with Crippen LogP contribution in [0.3, 0.4) is 0 Å². The molecule has 2 aromatic rings. The van der Waals surface area contributed by atoms with Gasteiger partial charge in [0.15, 0.2) is 6.10 Å². The molecular weight excluding hydrogens is 376 g/mol. The van der Waals surface area contributed by atoms with E-state index < -0.39 is 11.6 Å². The van der Waals surface area contributed by atoms with Crippen molar-refractivity contribution >= 4 is 11.7 Å². The van der Waals surface area contributed by atoms with Gasteiger partial charge in [0, 0.05) is 29.7 Å². The third kappa shape index (κ3) is 5.31. The van der Waals surface area contributed by atoms with Gasteiger partial charge in [-0.25, -0.2) is 13.6 Å². The van der Waals surface area contributed by atoms with Gasteiger partial charge in [-0.05, 0) is 32.4 Å². The van der Waals surface area contributed by atoms with Gasteiger partial charge in [0.2, 0.25) is 0 Å². The van der Waals surface area contributed by atoms with E-state index in [1.807, 2.05) is 45.0 Å². The predicted molar refractivity (Wildman–Crippen MR) is 108 cm³/mol. The molecule has 3 rings (SSSR count). The molecule has 2 aromatic carbocycles. The van der Waals surface area contributed by atoms with E-state index in [2.05, 4.69) is 10.5 Å². The van der Waals surface area contributed by atoms with Crippen LogP contribution < -0.4 is 5.32 Å². The van der Waals surface area contributed by atoms with Gasteiger partial charge in [0.1, 0.15) is 11.6 Å². The van der Waals surface area contributed by atoms with Crippen LogP contribution >= 0.6 is 0 Å². The Kier molecular flexibility index (Phi) is 6.46. The minimum Gasteiger partial charge on any atom is -0.390 e. The molecule has 1 aliphatic rings. The molecule has 0 saturated heterocycles. The number of hydrogen-bond acceptors (Lipinski definition) is 3. The van der Waals surface area contributed by atoms with Gasteiger partial charge < -0.3 is 15.1 Å². The molecule has 0 radical (unpaired) electrons. The van der Waals surface area contributed by atoms with Gasteiger partial charge in [-0.2, -0.15) is 0 Å². The summed E-state index contributed by atoms with van der Waals surface area (Å²) in [5, 5.41) is 7.01. The number of carbonyl (C=O) groups is 1. The first-order valence-corrected chi connectivity index (χ1v) is 9.61. The summed E-state index contributed by atoms with van der Waals surface area (Å²) in [6.07, 6.45) is 0.202. The highest BCUT2D eigenvalue weighted by molar-refractivity contribution is 6.02. The maximum Gasteiger partial charge on any atom is 0.318 e. The molecule has 0 aromatic heterocycles. The Morgan fingerprint density at radius 3 is 2.72 bits per heavy atom. The van der Waals surface area contributed by atoms with Crippen LogP contribution in [0.4, 0.5) is 13.6 Å². The number of amides is 2. The van der Waals surface area contributed by atoms with Crippen molar-refractivity contribution in [2.75, 3.05) is 6.54 Å². The first-order chi connectivity index (χ1) is 13.8. The van der Waals surface area contributed by atoms with Gasteiger partial charge >= 0.3 is 6.03 Å². The summed E-state index contributed by atoms with van der Waals surface area (Å²) in [6, 6.07) is 10.8. The van der Waals surface area contributed by atoms with Crippen LogP contribution in [0.15, 0.2) is 47.6 Å². The summed E-state index contributed by atoms with van der Waals surface area (Å²) >= 11 is 0. The summed E-state index contributed by atoms with van der Waals surface area (Å²) in [4.78, 5) is 19.7. The maximum atomic E-state index is 14.1. The van der Waals surface area contributed by atoms with Crippen molar-refractivity contribution in [2.45, 2.75) is 45.9 Å². The van der Waals surface area contributed by atoms with Crippen molar-refractivity contribution in [1.29, 1.82) is 0 Å². The number of hydrogen-bond donors (Lipinski definition) is 1. The molecule has 0 bridgehead atoms. The average molecular weight is 401 g/mol. The van der Waals surface area contributed by atoms with Crippen LogP contribution in [0.5, 0.6) is 0 Å². The maximum absolute atomic E-state index is 14.1. The molecular formula is C22H25F2N3O2. The van der Waals surface area contributed by atoms with Crippen molar-refractivity contribution in [3.05, 3.63) is 70.8 Å². The normalized spacial score (nSPS) is 15.8. The van der Waals surface area contributed by atoms with E-state index in [1.54, 1.807) is 0 Å². The lowest BCUT2D eigenvalue weighted by atomic mass is 10.0. The second-order valence-corrected chi connectivity index (χ2v) is 7.50. The zero-order chi connectivity index (χ0) is 21.0. The Hall–Kier alpha value is -2.96. The summed E-state index contributed by atoms with van der Waals surface area (Å²) < 4.78 is 27.3. The highest BCUT2D eigenvalue weighted by Crippen LogP contribution is 2.21. The molecule has 2 amide bonds. The lowest BCUT2D eigenvalue weighted by molar-refractivity contribution is 0.0584. The number of carbonyl (C=O) groups excluding carboxylic acids is 1. The van der Waals surface area contributed by atoms with E-state index >= 15 is 0 Å². The van der Waals surface area contributed by atoms with E-state index in [0.29, 0.717) is 6.42 Å². The van der Waals surface area contributed by atoms with Gasteiger partial charge in [-0.3, -0.25) is 0 Å². The highest BCUT2D eigenvalue weighted by atomic mass is 19.1. The number of aryl methyl sites for hydroxylation is 1. The van der Waals surface area contributed by atoms with Crippen molar-refractivity contribution in [3.8, 4) is 0 Å². The van der Waals surface area contributed by atoms with Gasteiger partial charge in [0.05, 0.1) is 18.8 Å². The number of halogens is 2. The molecule has 1 atom stereocenters. The third-order valence-corrected chi connectivity index (χ3v) is 4.69. The molecule has 0 unspecified atom stereocenters. The lowest BCUT2D eigenvalue weighted by Gasteiger charge is -2.26. The SMILES string of the molecule is Cc1ccccc1C1=NO[C@H](CN(Cc2ccc(F)cc2F)C(=O)NC(C)C)C1. The van der Waals surface area contributed by atoms with Crippen LogP contribution in [0.25, 0.3) is 0 Å². The van der Waals surface area contributed by atoms with E-state index in [1.165, 1.54) is 17.0 Å². The lowest BCUT2D eigenvalue weighted by Crippen LogP contribution is -2.45. The van der Waals surface area contributed by atoms with Crippen LogP contribution in [0, 0.1) is 18.6 Å². The van der Waals surface area contributed by atoms with Crippen molar-refractivity contribution in [1.82, 2.24) is 10.2 Å². The first-order valence-electron chi connectivity index (χ1n) is 9.61.